The molecule has 0 aliphatic rings. The number of rotatable bonds is 5. The minimum Gasteiger partial charge on any atom is -0.480 e. The molecule has 0 aromatic heterocycles. The van der Waals surface area contributed by atoms with E-state index in [2.05, 4.69) is 10.6 Å². The van der Waals surface area contributed by atoms with E-state index in [4.69, 9.17) is 28.3 Å². The third kappa shape index (κ3) is 5.44. The minimum absolute atomic E-state index is 0.142. The van der Waals surface area contributed by atoms with Crippen molar-refractivity contribution in [2.24, 2.45) is 5.92 Å². The highest BCUT2D eigenvalue weighted by molar-refractivity contribution is 6.36. The van der Waals surface area contributed by atoms with Crippen LogP contribution in [0, 0.1) is 12.8 Å². The summed E-state index contributed by atoms with van der Waals surface area (Å²) in [6.07, 6.45) is 0.338. The number of carboxylic acids is 1. The van der Waals surface area contributed by atoms with Crippen molar-refractivity contribution in [3.8, 4) is 0 Å². The molecule has 7 heteroatoms. The van der Waals surface area contributed by atoms with Crippen molar-refractivity contribution >= 4 is 40.9 Å². The first-order chi connectivity index (χ1) is 9.70. The smallest absolute Gasteiger partial charge is 0.326 e. The van der Waals surface area contributed by atoms with Gasteiger partial charge in [0.25, 0.3) is 0 Å². The fraction of sp³-hybridized carbons (Fsp3) is 0.429. The third-order valence-electron chi connectivity index (χ3n) is 2.81. The molecule has 1 aromatic rings. The SMILES string of the molecule is Cc1cc(Cl)c(NC(=O)N[C@H](CC(C)C)C(=O)O)cc1Cl. The van der Waals surface area contributed by atoms with Crippen LogP contribution in [0.25, 0.3) is 0 Å². The number of anilines is 1. The Bertz CT molecular complexity index is 547. The Hall–Kier alpha value is -1.46. The summed E-state index contributed by atoms with van der Waals surface area (Å²) in [5.41, 5.74) is 1.12. The van der Waals surface area contributed by atoms with Gasteiger partial charge in [-0.2, -0.15) is 0 Å². The number of carbonyl (C=O) groups excluding carboxylic acids is 1. The number of aryl methyl sites for hydroxylation is 1. The number of amides is 2. The van der Waals surface area contributed by atoms with E-state index in [1.165, 1.54) is 6.07 Å². The van der Waals surface area contributed by atoms with Crippen LogP contribution >= 0.6 is 23.2 Å². The van der Waals surface area contributed by atoms with Crippen LogP contribution in [0.4, 0.5) is 10.5 Å². The summed E-state index contributed by atoms with van der Waals surface area (Å²) in [5.74, 6) is -0.935. The number of aliphatic carboxylic acids is 1. The molecule has 1 rings (SSSR count). The van der Waals surface area contributed by atoms with Crippen molar-refractivity contribution in [1.29, 1.82) is 0 Å². The molecule has 116 valence electrons. The summed E-state index contributed by atoms with van der Waals surface area (Å²) in [5, 5.41) is 14.8. The molecule has 3 N–H and O–H groups in total. The van der Waals surface area contributed by atoms with Gasteiger partial charge in [0.05, 0.1) is 10.7 Å². The molecule has 0 unspecified atom stereocenters. The number of carboxylic acid groups (broad SMARTS) is 1. The second-order valence-corrected chi connectivity index (χ2v) is 6.01. The van der Waals surface area contributed by atoms with Crippen molar-refractivity contribution in [3.63, 3.8) is 0 Å². The van der Waals surface area contributed by atoms with Gasteiger partial charge < -0.3 is 15.7 Å². The van der Waals surface area contributed by atoms with Gasteiger partial charge in [0, 0.05) is 5.02 Å². The summed E-state index contributed by atoms with van der Waals surface area (Å²) in [6.45, 7) is 5.55. The van der Waals surface area contributed by atoms with Crippen LogP contribution < -0.4 is 10.6 Å². The monoisotopic (exact) mass is 332 g/mol. The second-order valence-electron chi connectivity index (χ2n) is 5.20. The van der Waals surface area contributed by atoms with Crippen LogP contribution in [0.3, 0.4) is 0 Å². The van der Waals surface area contributed by atoms with Crippen molar-refractivity contribution < 1.29 is 14.7 Å². The fourth-order valence-corrected chi connectivity index (χ4v) is 2.18. The Morgan fingerprint density at radius 2 is 1.86 bits per heavy atom. The molecule has 1 aromatic carbocycles. The van der Waals surface area contributed by atoms with Crippen molar-refractivity contribution in [3.05, 3.63) is 27.7 Å². The quantitative estimate of drug-likeness (QED) is 0.764. The van der Waals surface area contributed by atoms with Crippen molar-refractivity contribution in [2.45, 2.75) is 33.2 Å². The van der Waals surface area contributed by atoms with E-state index < -0.39 is 18.0 Å². The highest BCUT2D eigenvalue weighted by Crippen LogP contribution is 2.28. The lowest BCUT2D eigenvalue weighted by Crippen LogP contribution is -2.43. The van der Waals surface area contributed by atoms with Gasteiger partial charge in [-0.1, -0.05) is 37.0 Å². The molecular formula is C14H18Cl2N2O3. The predicted molar refractivity (Wildman–Crippen MR) is 84.2 cm³/mol. The number of urea groups is 1. The molecule has 0 aliphatic heterocycles. The molecule has 0 fully saturated rings. The molecule has 0 saturated carbocycles. The maximum absolute atomic E-state index is 11.9. The normalized spacial score (nSPS) is 12.1. The van der Waals surface area contributed by atoms with Gasteiger partial charge in [0.2, 0.25) is 0 Å². The largest absolute Gasteiger partial charge is 0.480 e. The van der Waals surface area contributed by atoms with E-state index in [1.807, 2.05) is 13.8 Å². The Kier molecular flexibility index (Phi) is 6.30. The molecule has 0 bridgehead atoms. The maximum atomic E-state index is 11.9. The van der Waals surface area contributed by atoms with Gasteiger partial charge in [-0.25, -0.2) is 9.59 Å². The molecule has 1 atom stereocenters. The van der Waals surface area contributed by atoms with Gasteiger partial charge in [0.1, 0.15) is 6.04 Å². The Balaban J connectivity index is 2.77. The Morgan fingerprint density at radius 1 is 1.24 bits per heavy atom. The lowest BCUT2D eigenvalue weighted by molar-refractivity contribution is -0.139. The van der Waals surface area contributed by atoms with E-state index >= 15 is 0 Å². The average Bonchev–Trinajstić information content (AvgIpc) is 2.34. The lowest BCUT2D eigenvalue weighted by Gasteiger charge is -2.17. The summed E-state index contributed by atoms with van der Waals surface area (Å²) in [4.78, 5) is 23.0. The molecule has 21 heavy (non-hydrogen) atoms. The number of halogens is 2. The molecule has 5 nitrogen and oxygen atoms in total. The number of hydrogen-bond acceptors (Lipinski definition) is 2. The third-order valence-corrected chi connectivity index (χ3v) is 3.53. The first-order valence-electron chi connectivity index (χ1n) is 6.46. The lowest BCUT2D eigenvalue weighted by atomic mass is 10.0. The molecule has 0 saturated heterocycles. The predicted octanol–water partition coefficient (Wildman–Crippen LogP) is 3.92. The van der Waals surface area contributed by atoms with Gasteiger partial charge >= 0.3 is 12.0 Å². The molecule has 0 heterocycles. The van der Waals surface area contributed by atoms with Crippen molar-refractivity contribution in [2.75, 3.05) is 5.32 Å². The van der Waals surface area contributed by atoms with E-state index in [0.717, 1.165) is 5.56 Å². The topological polar surface area (TPSA) is 78.4 Å². The molecule has 0 aliphatic carbocycles. The average molecular weight is 333 g/mol. The Morgan fingerprint density at radius 3 is 2.38 bits per heavy atom. The molecule has 2 amide bonds. The van der Waals surface area contributed by atoms with Crippen LogP contribution in [0.5, 0.6) is 0 Å². The van der Waals surface area contributed by atoms with Gasteiger partial charge in [-0.05, 0) is 37.0 Å². The van der Waals surface area contributed by atoms with Gasteiger partial charge in [-0.3, -0.25) is 0 Å². The van der Waals surface area contributed by atoms with Crippen molar-refractivity contribution in [1.82, 2.24) is 5.32 Å². The highest BCUT2D eigenvalue weighted by Gasteiger charge is 2.21. The zero-order valence-corrected chi connectivity index (χ0v) is 13.5. The molecule has 0 spiro atoms. The first-order valence-corrected chi connectivity index (χ1v) is 7.22. The van der Waals surface area contributed by atoms with E-state index in [0.29, 0.717) is 22.2 Å². The van der Waals surface area contributed by atoms with Crippen LogP contribution in [0.1, 0.15) is 25.8 Å². The van der Waals surface area contributed by atoms with Crippen LogP contribution in [-0.2, 0) is 4.79 Å². The summed E-state index contributed by atoms with van der Waals surface area (Å²) >= 11 is 12.0. The number of benzene rings is 1. The van der Waals surface area contributed by atoms with Crippen LogP contribution in [0.15, 0.2) is 12.1 Å². The van der Waals surface area contributed by atoms with E-state index in [-0.39, 0.29) is 5.92 Å². The second kappa shape index (κ2) is 7.52. The highest BCUT2D eigenvalue weighted by atomic mass is 35.5. The fourth-order valence-electron chi connectivity index (χ4n) is 1.75. The van der Waals surface area contributed by atoms with Crippen LogP contribution in [0.2, 0.25) is 10.0 Å². The Labute approximate surface area is 133 Å². The van der Waals surface area contributed by atoms with E-state index in [9.17, 15) is 9.59 Å². The zero-order valence-electron chi connectivity index (χ0n) is 12.0. The van der Waals surface area contributed by atoms with Gasteiger partial charge in [0.15, 0.2) is 0 Å². The number of nitrogens with one attached hydrogen (secondary N) is 2. The summed E-state index contributed by atoms with van der Waals surface area (Å²) in [6, 6.07) is 1.56. The van der Waals surface area contributed by atoms with Crippen LogP contribution in [-0.4, -0.2) is 23.1 Å². The first kappa shape index (κ1) is 17.6. The maximum Gasteiger partial charge on any atom is 0.326 e. The minimum atomic E-state index is -1.08. The zero-order chi connectivity index (χ0) is 16.2. The number of carbonyl (C=O) groups is 2. The number of hydrogen-bond donors (Lipinski definition) is 3. The van der Waals surface area contributed by atoms with Gasteiger partial charge in [-0.15, -0.1) is 0 Å². The molecular weight excluding hydrogens is 315 g/mol. The molecule has 0 radical (unpaired) electrons. The standard InChI is InChI=1S/C14H18Cl2N2O3/c1-7(2)4-12(13(19)20)18-14(21)17-11-6-9(15)8(3)5-10(11)16/h5-7,12H,4H2,1-3H3,(H,19,20)(H2,17,18,21)/t12-/m1/s1. The summed E-state index contributed by atoms with van der Waals surface area (Å²) < 4.78 is 0. The summed E-state index contributed by atoms with van der Waals surface area (Å²) in [7, 11) is 0. The van der Waals surface area contributed by atoms with E-state index in [1.54, 1.807) is 13.0 Å².